The van der Waals surface area contributed by atoms with Crippen LogP contribution in [0.2, 0.25) is 0 Å². The van der Waals surface area contributed by atoms with Crippen molar-refractivity contribution < 1.29 is 26.7 Å². The number of nitriles is 1. The number of hydrogen-bond donors (Lipinski definition) is 0. The van der Waals surface area contributed by atoms with Crippen LogP contribution in [0.15, 0.2) is 30.3 Å². The molecule has 8 heteroatoms. The monoisotopic (exact) mass is 300 g/mol. The highest BCUT2D eigenvalue weighted by atomic mass is 19.4. The lowest BCUT2D eigenvalue weighted by molar-refractivity contribution is -0.141. The van der Waals surface area contributed by atoms with Crippen molar-refractivity contribution in [1.82, 2.24) is 4.98 Å². The van der Waals surface area contributed by atoms with Crippen molar-refractivity contribution in [2.24, 2.45) is 0 Å². The fraction of sp³-hybridized carbons (Fsp3) is 0.0769. The van der Waals surface area contributed by atoms with Crippen molar-refractivity contribution in [3.05, 3.63) is 53.2 Å². The van der Waals surface area contributed by atoms with E-state index in [2.05, 4.69) is 4.98 Å². The number of aromatic nitrogens is 1. The van der Waals surface area contributed by atoms with Gasteiger partial charge in [-0.05, 0) is 24.3 Å². The fourth-order valence-corrected chi connectivity index (χ4v) is 1.42. The summed E-state index contributed by atoms with van der Waals surface area (Å²) in [7, 11) is 0. The van der Waals surface area contributed by atoms with E-state index in [9.17, 15) is 22.0 Å². The van der Waals surface area contributed by atoms with E-state index >= 15 is 0 Å². The summed E-state index contributed by atoms with van der Waals surface area (Å²) in [4.78, 5) is 3.14. The molecule has 0 amide bonds. The Morgan fingerprint density at radius 1 is 1.10 bits per heavy atom. The highest BCUT2D eigenvalue weighted by Crippen LogP contribution is 2.32. The molecule has 0 saturated heterocycles. The summed E-state index contributed by atoms with van der Waals surface area (Å²) in [6.45, 7) is 0. The van der Waals surface area contributed by atoms with Crippen LogP contribution in [0.5, 0.6) is 11.6 Å². The third kappa shape index (κ3) is 3.25. The summed E-state index contributed by atoms with van der Waals surface area (Å²) in [6.07, 6.45) is -4.74. The molecule has 0 aliphatic rings. The molecule has 2 rings (SSSR count). The van der Waals surface area contributed by atoms with Gasteiger partial charge < -0.3 is 4.74 Å². The molecule has 21 heavy (non-hydrogen) atoms. The number of benzene rings is 1. The average Bonchev–Trinajstić information content (AvgIpc) is 2.41. The van der Waals surface area contributed by atoms with Crippen molar-refractivity contribution in [1.29, 1.82) is 5.26 Å². The first-order valence-electron chi connectivity index (χ1n) is 5.42. The van der Waals surface area contributed by atoms with Gasteiger partial charge in [0.2, 0.25) is 5.88 Å². The lowest BCUT2D eigenvalue weighted by Crippen LogP contribution is -2.09. The van der Waals surface area contributed by atoms with E-state index in [1.807, 2.05) is 0 Å². The van der Waals surface area contributed by atoms with Gasteiger partial charge >= 0.3 is 6.18 Å². The molecule has 1 heterocycles. The quantitative estimate of drug-likeness (QED) is 0.786. The van der Waals surface area contributed by atoms with Crippen LogP contribution in [0.3, 0.4) is 0 Å². The van der Waals surface area contributed by atoms with E-state index in [-0.39, 0.29) is 5.56 Å². The van der Waals surface area contributed by atoms with Gasteiger partial charge in [0, 0.05) is 6.07 Å². The molecule has 0 radical (unpaired) electrons. The molecule has 1 aromatic heterocycles. The molecule has 0 spiro atoms. The van der Waals surface area contributed by atoms with Crippen LogP contribution in [-0.2, 0) is 6.18 Å². The molecule has 0 bridgehead atoms. The molecular weight excluding hydrogens is 295 g/mol. The van der Waals surface area contributed by atoms with E-state index in [0.29, 0.717) is 12.1 Å². The van der Waals surface area contributed by atoms with Crippen molar-refractivity contribution in [2.75, 3.05) is 0 Å². The van der Waals surface area contributed by atoms with Gasteiger partial charge in [0.25, 0.3) is 0 Å². The Labute approximate surface area is 115 Å². The Hall–Kier alpha value is -2.69. The third-order valence-electron chi connectivity index (χ3n) is 2.37. The van der Waals surface area contributed by atoms with Crippen LogP contribution < -0.4 is 4.74 Å². The Balaban J connectivity index is 2.45. The molecule has 0 saturated carbocycles. The van der Waals surface area contributed by atoms with E-state index < -0.39 is 35.1 Å². The fourth-order valence-electron chi connectivity index (χ4n) is 1.42. The minimum Gasteiger partial charge on any atom is -0.435 e. The van der Waals surface area contributed by atoms with Gasteiger partial charge in [-0.1, -0.05) is 0 Å². The number of pyridine rings is 1. The second-order valence-electron chi connectivity index (χ2n) is 3.84. The number of ether oxygens (including phenoxy) is 1. The predicted octanol–water partition coefficient (Wildman–Crippen LogP) is 4.04. The van der Waals surface area contributed by atoms with Crippen LogP contribution in [0.4, 0.5) is 22.0 Å². The molecule has 0 aliphatic heterocycles. The van der Waals surface area contributed by atoms with Crippen molar-refractivity contribution >= 4 is 0 Å². The summed E-state index contributed by atoms with van der Waals surface area (Å²) >= 11 is 0. The molecule has 0 atom stereocenters. The van der Waals surface area contributed by atoms with Gasteiger partial charge in [-0.25, -0.2) is 13.8 Å². The van der Waals surface area contributed by atoms with Gasteiger partial charge in [-0.3, -0.25) is 0 Å². The van der Waals surface area contributed by atoms with Crippen LogP contribution >= 0.6 is 0 Å². The first-order chi connectivity index (χ1) is 9.81. The minimum atomic E-state index is -4.74. The highest BCUT2D eigenvalue weighted by Gasteiger charge is 2.33. The van der Waals surface area contributed by atoms with Gasteiger partial charge in [0.1, 0.15) is 23.1 Å². The van der Waals surface area contributed by atoms with Gasteiger partial charge in [0.15, 0.2) is 11.6 Å². The van der Waals surface area contributed by atoms with Crippen LogP contribution in [0, 0.1) is 23.0 Å². The van der Waals surface area contributed by atoms with E-state index in [1.54, 1.807) is 6.07 Å². The second kappa shape index (κ2) is 5.36. The van der Waals surface area contributed by atoms with Gasteiger partial charge in [-0.15, -0.1) is 0 Å². The third-order valence-corrected chi connectivity index (χ3v) is 2.37. The molecular formula is C13H5F5N2O. The minimum absolute atomic E-state index is 0.313. The smallest absolute Gasteiger partial charge is 0.433 e. The normalized spacial score (nSPS) is 11.0. The number of alkyl halides is 3. The molecule has 0 unspecified atom stereocenters. The summed E-state index contributed by atoms with van der Waals surface area (Å²) in [5.74, 6) is -3.26. The summed E-state index contributed by atoms with van der Waals surface area (Å²) in [5.41, 5.74) is -1.61. The average molecular weight is 300 g/mol. The lowest BCUT2D eigenvalue weighted by atomic mass is 10.2. The maximum atomic E-state index is 13.4. The first kappa shape index (κ1) is 14.7. The lowest BCUT2D eigenvalue weighted by Gasteiger charge is -2.10. The van der Waals surface area contributed by atoms with E-state index in [0.717, 1.165) is 18.2 Å². The zero-order valence-corrected chi connectivity index (χ0v) is 10.1. The highest BCUT2D eigenvalue weighted by molar-refractivity contribution is 5.42. The Morgan fingerprint density at radius 3 is 2.38 bits per heavy atom. The molecule has 0 aliphatic carbocycles. The van der Waals surface area contributed by atoms with Crippen molar-refractivity contribution in [2.45, 2.75) is 6.18 Å². The molecule has 1 aromatic carbocycles. The molecule has 0 fully saturated rings. The van der Waals surface area contributed by atoms with Crippen molar-refractivity contribution in [3.8, 4) is 17.7 Å². The SMILES string of the molecule is N#Cc1ccc(C(F)(F)F)nc1Oc1ccc(F)cc1F. The largest absolute Gasteiger partial charge is 0.435 e. The van der Waals surface area contributed by atoms with Crippen LogP contribution in [-0.4, -0.2) is 4.98 Å². The molecule has 0 N–H and O–H groups in total. The van der Waals surface area contributed by atoms with Crippen molar-refractivity contribution in [3.63, 3.8) is 0 Å². The Morgan fingerprint density at radius 2 is 1.81 bits per heavy atom. The number of halogens is 5. The standard InChI is InChI=1S/C13H5F5N2O/c14-8-2-3-10(9(15)5-8)21-12-7(6-19)1-4-11(20-12)13(16,17)18/h1-5H. The molecule has 3 nitrogen and oxygen atoms in total. The second-order valence-corrected chi connectivity index (χ2v) is 3.84. The zero-order valence-electron chi connectivity index (χ0n) is 10.1. The Kier molecular flexibility index (Phi) is 3.76. The summed E-state index contributed by atoms with van der Waals surface area (Å²) in [5, 5.41) is 8.80. The molecule has 108 valence electrons. The summed E-state index contributed by atoms with van der Waals surface area (Å²) in [6, 6.07) is 5.27. The first-order valence-corrected chi connectivity index (χ1v) is 5.42. The Bertz CT molecular complexity index is 721. The molecule has 2 aromatic rings. The van der Waals surface area contributed by atoms with E-state index in [4.69, 9.17) is 10.00 Å². The number of hydrogen-bond acceptors (Lipinski definition) is 3. The summed E-state index contributed by atoms with van der Waals surface area (Å²) < 4.78 is 68.6. The maximum absolute atomic E-state index is 13.4. The van der Waals surface area contributed by atoms with Gasteiger partial charge in [-0.2, -0.15) is 18.4 Å². The zero-order chi connectivity index (χ0) is 15.6. The maximum Gasteiger partial charge on any atom is 0.433 e. The number of rotatable bonds is 2. The topological polar surface area (TPSA) is 45.9 Å². The van der Waals surface area contributed by atoms with E-state index in [1.165, 1.54) is 0 Å². The number of nitrogens with zero attached hydrogens (tertiary/aromatic N) is 2. The van der Waals surface area contributed by atoms with Crippen LogP contribution in [0.1, 0.15) is 11.3 Å². The van der Waals surface area contributed by atoms with Crippen LogP contribution in [0.25, 0.3) is 0 Å². The predicted molar refractivity (Wildman–Crippen MR) is 60.4 cm³/mol. The van der Waals surface area contributed by atoms with Gasteiger partial charge in [0.05, 0.1) is 0 Å².